The molecule has 1 N–H and O–H groups in total. The Hall–Kier alpha value is -0.450. The monoisotopic (exact) mass is 252 g/mol. The number of hydrogen-bond donors (Lipinski definition) is 1. The standard InChI is InChI=1S/C13H20N2OS/c1-2-6-12-11(5-1)15-13(17-12)9-14-8-10-4-3-7-16-10/h10,14H,1-9H2. The first-order valence-corrected chi connectivity index (χ1v) is 7.53. The minimum Gasteiger partial charge on any atom is -0.377 e. The van der Waals surface area contributed by atoms with Gasteiger partial charge in [-0.1, -0.05) is 0 Å². The van der Waals surface area contributed by atoms with Crippen LogP contribution in [0.2, 0.25) is 0 Å². The maximum Gasteiger partial charge on any atom is 0.107 e. The number of ether oxygens (including phenoxy) is 1. The third-order valence-electron chi connectivity index (χ3n) is 3.56. The van der Waals surface area contributed by atoms with Crippen molar-refractivity contribution in [2.75, 3.05) is 13.2 Å². The molecular weight excluding hydrogens is 232 g/mol. The molecule has 17 heavy (non-hydrogen) atoms. The molecule has 1 aromatic heterocycles. The van der Waals surface area contributed by atoms with Crippen molar-refractivity contribution in [2.24, 2.45) is 0 Å². The molecule has 2 heterocycles. The fourth-order valence-corrected chi connectivity index (χ4v) is 3.75. The van der Waals surface area contributed by atoms with Gasteiger partial charge in [0.15, 0.2) is 0 Å². The largest absolute Gasteiger partial charge is 0.377 e. The quantitative estimate of drug-likeness (QED) is 0.893. The SMILES string of the molecule is C1CCc2sc(CNCC3CCCO3)nc2C1. The average Bonchev–Trinajstić information content (AvgIpc) is 2.96. The van der Waals surface area contributed by atoms with Crippen LogP contribution in [0.4, 0.5) is 0 Å². The number of aryl methyl sites for hydroxylation is 2. The van der Waals surface area contributed by atoms with E-state index < -0.39 is 0 Å². The second-order valence-electron chi connectivity index (χ2n) is 4.95. The topological polar surface area (TPSA) is 34.1 Å². The van der Waals surface area contributed by atoms with Crippen LogP contribution in [0.15, 0.2) is 0 Å². The number of hydrogen-bond acceptors (Lipinski definition) is 4. The van der Waals surface area contributed by atoms with E-state index in [0.29, 0.717) is 6.10 Å². The Kier molecular flexibility index (Phi) is 3.74. The zero-order valence-electron chi connectivity index (χ0n) is 10.2. The molecular formula is C13H20N2OS. The molecule has 0 radical (unpaired) electrons. The van der Waals surface area contributed by atoms with Gasteiger partial charge in [-0.3, -0.25) is 0 Å². The van der Waals surface area contributed by atoms with Crippen LogP contribution in [0.1, 0.15) is 41.3 Å². The molecule has 1 fully saturated rings. The molecule has 1 saturated heterocycles. The zero-order chi connectivity index (χ0) is 11.5. The van der Waals surface area contributed by atoms with Crippen molar-refractivity contribution in [1.29, 1.82) is 0 Å². The van der Waals surface area contributed by atoms with Gasteiger partial charge < -0.3 is 10.1 Å². The summed E-state index contributed by atoms with van der Waals surface area (Å²) in [5, 5.41) is 4.73. The van der Waals surface area contributed by atoms with Gasteiger partial charge in [-0.25, -0.2) is 4.98 Å². The van der Waals surface area contributed by atoms with Gasteiger partial charge in [0, 0.05) is 24.6 Å². The average molecular weight is 252 g/mol. The molecule has 4 heteroatoms. The molecule has 0 saturated carbocycles. The molecule has 1 unspecified atom stereocenters. The van der Waals surface area contributed by atoms with Crippen molar-refractivity contribution in [3.8, 4) is 0 Å². The summed E-state index contributed by atoms with van der Waals surface area (Å²) in [4.78, 5) is 6.26. The second kappa shape index (κ2) is 5.46. The van der Waals surface area contributed by atoms with Crippen LogP contribution >= 0.6 is 11.3 Å². The molecule has 94 valence electrons. The van der Waals surface area contributed by atoms with E-state index in [4.69, 9.17) is 9.72 Å². The summed E-state index contributed by atoms with van der Waals surface area (Å²) in [5.74, 6) is 0. The van der Waals surface area contributed by atoms with Crippen LogP contribution in [0.3, 0.4) is 0 Å². The van der Waals surface area contributed by atoms with E-state index in [-0.39, 0.29) is 0 Å². The van der Waals surface area contributed by atoms with Crippen molar-refractivity contribution in [3.63, 3.8) is 0 Å². The third-order valence-corrected chi connectivity index (χ3v) is 4.72. The highest BCUT2D eigenvalue weighted by Gasteiger charge is 2.17. The Morgan fingerprint density at radius 2 is 2.24 bits per heavy atom. The van der Waals surface area contributed by atoms with Crippen LogP contribution in [-0.2, 0) is 24.1 Å². The second-order valence-corrected chi connectivity index (χ2v) is 6.12. The summed E-state index contributed by atoms with van der Waals surface area (Å²) in [6, 6.07) is 0. The van der Waals surface area contributed by atoms with Crippen LogP contribution < -0.4 is 5.32 Å². The molecule has 3 nitrogen and oxygen atoms in total. The fourth-order valence-electron chi connectivity index (χ4n) is 2.63. The first-order chi connectivity index (χ1) is 8.42. The first-order valence-electron chi connectivity index (χ1n) is 6.71. The van der Waals surface area contributed by atoms with Crippen LogP contribution in [0, 0.1) is 0 Å². The lowest BCUT2D eigenvalue weighted by molar-refractivity contribution is 0.110. The first kappa shape index (κ1) is 11.6. The number of nitrogens with one attached hydrogen (secondary N) is 1. The molecule has 1 aliphatic carbocycles. The number of nitrogens with zero attached hydrogens (tertiary/aromatic N) is 1. The number of aromatic nitrogens is 1. The van der Waals surface area contributed by atoms with Crippen molar-refractivity contribution < 1.29 is 4.74 Å². The van der Waals surface area contributed by atoms with Crippen molar-refractivity contribution >= 4 is 11.3 Å². The summed E-state index contributed by atoms with van der Waals surface area (Å²) in [7, 11) is 0. The van der Waals surface area contributed by atoms with Crippen molar-refractivity contribution in [1.82, 2.24) is 10.3 Å². The Morgan fingerprint density at radius 3 is 3.06 bits per heavy atom. The Labute approximate surface area is 107 Å². The molecule has 0 aromatic carbocycles. The number of thiazole rings is 1. The van der Waals surface area contributed by atoms with E-state index in [1.165, 1.54) is 54.1 Å². The highest BCUT2D eigenvalue weighted by Crippen LogP contribution is 2.26. The lowest BCUT2D eigenvalue weighted by atomic mass is 10.0. The Morgan fingerprint density at radius 1 is 1.29 bits per heavy atom. The highest BCUT2D eigenvalue weighted by molar-refractivity contribution is 7.11. The summed E-state index contributed by atoms with van der Waals surface area (Å²) < 4.78 is 5.59. The van der Waals surface area contributed by atoms with E-state index in [1.807, 2.05) is 11.3 Å². The molecule has 0 spiro atoms. The number of fused-ring (bicyclic) bond motifs is 1. The van der Waals surface area contributed by atoms with Gasteiger partial charge in [0.05, 0.1) is 11.8 Å². The van der Waals surface area contributed by atoms with Gasteiger partial charge in [0.25, 0.3) is 0 Å². The Bertz CT molecular complexity index is 348. The molecule has 3 rings (SSSR count). The van der Waals surface area contributed by atoms with E-state index >= 15 is 0 Å². The fraction of sp³-hybridized carbons (Fsp3) is 0.769. The summed E-state index contributed by atoms with van der Waals surface area (Å²) in [5.41, 5.74) is 1.37. The summed E-state index contributed by atoms with van der Waals surface area (Å²) >= 11 is 1.90. The van der Waals surface area contributed by atoms with Gasteiger partial charge in [0.2, 0.25) is 0 Å². The predicted molar refractivity (Wildman–Crippen MR) is 69.4 cm³/mol. The normalized spacial score (nSPS) is 23.9. The van der Waals surface area contributed by atoms with E-state index in [9.17, 15) is 0 Å². The van der Waals surface area contributed by atoms with Gasteiger partial charge in [-0.15, -0.1) is 11.3 Å². The van der Waals surface area contributed by atoms with Crippen LogP contribution in [0.25, 0.3) is 0 Å². The molecule has 1 aromatic rings. The minimum absolute atomic E-state index is 0.435. The van der Waals surface area contributed by atoms with Crippen molar-refractivity contribution in [2.45, 2.75) is 51.2 Å². The smallest absolute Gasteiger partial charge is 0.107 e. The van der Waals surface area contributed by atoms with Gasteiger partial charge in [0.1, 0.15) is 5.01 Å². The molecule has 1 aliphatic heterocycles. The highest BCUT2D eigenvalue weighted by atomic mass is 32.1. The van der Waals surface area contributed by atoms with E-state index in [2.05, 4.69) is 5.32 Å². The Balaban J connectivity index is 1.49. The van der Waals surface area contributed by atoms with Crippen molar-refractivity contribution in [3.05, 3.63) is 15.6 Å². The summed E-state index contributed by atoms with van der Waals surface area (Å²) in [6.45, 7) is 2.83. The molecule has 1 atom stereocenters. The predicted octanol–water partition coefficient (Wildman–Crippen LogP) is 2.29. The van der Waals surface area contributed by atoms with Crippen LogP contribution in [-0.4, -0.2) is 24.2 Å². The minimum atomic E-state index is 0.435. The van der Waals surface area contributed by atoms with Gasteiger partial charge in [-0.05, 0) is 38.5 Å². The maximum atomic E-state index is 5.59. The van der Waals surface area contributed by atoms with Gasteiger partial charge >= 0.3 is 0 Å². The van der Waals surface area contributed by atoms with E-state index in [0.717, 1.165) is 19.7 Å². The summed E-state index contributed by atoms with van der Waals surface area (Å²) in [6.07, 6.45) is 7.97. The van der Waals surface area contributed by atoms with E-state index in [1.54, 1.807) is 0 Å². The molecule has 0 amide bonds. The van der Waals surface area contributed by atoms with Gasteiger partial charge in [-0.2, -0.15) is 0 Å². The zero-order valence-corrected chi connectivity index (χ0v) is 11.0. The van der Waals surface area contributed by atoms with Crippen LogP contribution in [0.5, 0.6) is 0 Å². The molecule has 2 aliphatic rings. The lowest BCUT2D eigenvalue weighted by Crippen LogP contribution is -2.25. The third kappa shape index (κ3) is 2.87. The maximum absolute atomic E-state index is 5.59. The molecule has 0 bridgehead atoms. The lowest BCUT2D eigenvalue weighted by Gasteiger charge is -2.09. The number of rotatable bonds is 4.